The number of benzene rings is 1. The third-order valence-corrected chi connectivity index (χ3v) is 3.62. The molecule has 1 N–H and O–H groups in total. The van der Waals surface area contributed by atoms with Crippen molar-refractivity contribution in [3.63, 3.8) is 0 Å². The summed E-state index contributed by atoms with van der Waals surface area (Å²) in [6, 6.07) is 6.03. The number of carbonyl (C=O) groups is 2. The summed E-state index contributed by atoms with van der Waals surface area (Å²) >= 11 is 0. The first-order valence-electron chi connectivity index (χ1n) is 7.16. The molecule has 5 nitrogen and oxygen atoms in total. The van der Waals surface area contributed by atoms with Gasteiger partial charge in [0.25, 0.3) is 0 Å². The lowest BCUT2D eigenvalue weighted by Gasteiger charge is -2.18. The predicted molar refractivity (Wildman–Crippen MR) is 81.3 cm³/mol. The van der Waals surface area contributed by atoms with E-state index in [0.29, 0.717) is 19.7 Å². The van der Waals surface area contributed by atoms with Crippen molar-refractivity contribution < 1.29 is 14.3 Å². The van der Waals surface area contributed by atoms with Crippen LogP contribution in [0.15, 0.2) is 18.2 Å². The average molecular weight is 290 g/mol. The van der Waals surface area contributed by atoms with E-state index in [-0.39, 0.29) is 24.2 Å². The summed E-state index contributed by atoms with van der Waals surface area (Å²) in [5, 5.41) is 2.80. The van der Waals surface area contributed by atoms with Crippen molar-refractivity contribution in [2.45, 2.75) is 20.3 Å². The van der Waals surface area contributed by atoms with Crippen LogP contribution in [0, 0.1) is 19.8 Å². The number of carbonyl (C=O) groups excluding carboxylic acids is 2. The second-order valence-electron chi connectivity index (χ2n) is 5.54. The highest BCUT2D eigenvalue weighted by atomic mass is 16.5. The number of nitrogens with zero attached hydrogens (tertiary/aromatic N) is 1. The molecule has 1 aromatic carbocycles. The maximum atomic E-state index is 12.2. The molecule has 0 spiro atoms. The highest BCUT2D eigenvalue weighted by Crippen LogP contribution is 2.26. The number of methoxy groups -OCH3 is 1. The number of amides is 2. The van der Waals surface area contributed by atoms with Gasteiger partial charge < -0.3 is 15.0 Å². The van der Waals surface area contributed by atoms with E-state index >= 15 is 0 Å². The summed E-state index contributed by atoms with van der Waals surface area (Å²) in [6.07, 6.45) is 0.270. The Bertz CT molecular complexity index is 522. The monoisotopic (exact) mass is 290 g/mol. The van der Waals surface area contributed by atoms with Crippen molar-refractivity contribution in [1.29, 1.82) is 0 Å². The van der Waals surface area contributed by atoms with Gasteiger partial charge in [0.1, 0.15) is 0 Å². The summed E-state index contributed by atoms with van der Waals surface area (Å²) in [6.45, 7) is 5.41. The standard InChI is InChI=1S/C16H22N2O3/c1-11-6-12(2)8-14(7-11)18-10-13(9-15(18)19)16(20)17-4-5-21-3/h6-8,13H,4-5,9-10H2,1-3H3,(H,17,20)/t13-/m1/s1. The van der Waals surface area contributed by atoms with Crippen LogP contribution in [0.4, 0.5) is 5.69 Å². The van der Waals surface area contributed by atoms with E-state index < -0.39 is 0 Å². The van der Waals surface area contributed by atoms with Gasteiger partial charge in [0.2, 0.25) is 11.8 Å². The minimum absolute atomic E-state index is 0.00638. The lowest BCUT2D eigenvalue weighted by Crippen LogP contribution is -2.34. The van der Waals surface area contributed by atoms with E-state index in [4.69, 9.17) is 4.74 Å². The molecule has 1 saturated heterocycles. The lowest BCUT2D eigenvalue weighted by atomic mass is 10.1. The molecule has 0 bridgehead atoms. The molecule has 0 aromatic heterocycles. The van der Waals surface area contributed by atoms with Crippen LogP contribution >= 0.6 is 0 Å². The normalized spacial score (nSPS) is 18.1. The molecule has 114 valence electrons. The number of hydrogen-bond donors (Lipinski definition) is 1. The van der Waals surface area contributed by atoms with Crippen LogP contribution < -0.4 is 10.2 Å². The van der Waals surface area contributed by atoms with Gasteiger partial charge in [-0.1, -0.05) is 6.07 Å². The SMILES string of the molecule is COCCNC(=O)[C@@H]1CC(=O)N(c2cc(C)cc(C)c2)C1. The van der Waals surface area contributed by atoms with Crippen LogP contribution in [-0.4, -0.2) is 38.6 Å². The van der Waals surface area contributed by atoms with Crippen molar-refractivity contribution in [3.8, 4) is 0 Å². The number of hydrogen-bond acceptors (Lipinski definition) is 3. The molecule has 1 aromatic rings. The molecule has 5 heteroatoms. The van der Waals surface area contributed by atoms with Gasteiger partial charge in [0, 0.05) is 32.3 Å². The first kappa shape index (κ1) is 15.5. The minimum atomic E-state index is -0.282. The first-order valence-corrected chi connectivity index (χ1v) is 7.16. The van der Waals surface area contributed by atoms with Gasteiger partial charge in [-0.15, -0.1) is 0 Å². The van der Waals surface area contributed by atoms with Gasteiger partial charge in [-0.05, 0) is 37.1 Å². The first-order chi connectivity index (χ1) is 10.0. The smallest absolute Gasteiger partial charge is 0.227 e. The molecule has 2 rings (SSSR count). The van der Waals surface area contributed by atoms with Crippen molar-refractivity contribution in [1.82, 2.24) is 5.32 Å². The van der Waals surface area contributed by atoms with Gasteiger partial charge in [-0.25, -0.2) is 0 Å². The minimum Gasteiger partial charge on any atom is -0.383 e. The fourth-order valence-corrected chi connectivity index (χ4v) is 2.66. The van der Waals surface area contributed by atoms with Gasteiger partial charge >= 0.3 is 0 Å². The highest BCUT2D eigenvalue weighted by Gasteiger charge is 2.35. The summed E-state index contributed by atoms with van der Waals surface area (Å²) in [5.41, 5.74) is 3.11. The number of nitrogens with one attached hydrogen (secondary N) is 1. The molecule has 0 unspecified atom stereocenters. The topological polar surface area (TPSA) is 58.6 Å². The van der Waals surface area contributed by atoms with Crippen LogP contribution in [0.1, 0.15) is 17.5 Å². The Morgan fingerprint density at radius 2 is 2.00 bits per heavy atom. The maximum absolute atomic E-state index is 12.2. The largest absolute Gasteiger partial charge is 0.383 e. The lowest BCUT2D eigenvalue weighted by molar-refractivity contribution is -0.126. The molecule has 0 aliphatic carbocycles. The van der Waals surface area contributed by atoms with E-state index in [1.54, 1.807) is 12.0 Å². The summed E-state index contributed by atoms with van der Waals surface area (Å²) in [4.78, 5) is 25.9. The van der Waals surface area contributed by atoms with Crippen LogP contribution in [0.25, 0.3) is 0 Å². The Hall–Kier alpha value is -1.88. The molecule has 21 heavy (non-hydrogen) atoms. The zero-order chi connectivity index (χ0) is 15.4. The molecule has 1 heterocycles. The number of ether oxygens (including phenoxy) is 1. The molecule has 1 atom stereocenters. The second kappa shape index (κ2) is 6.72. The molecule has 1 aliphatic rings. The van der Waals surface area contributed by atoms with Crippen molar-refractivity contribution in [2.24, 2.45) is 5.92 Å². The maximum Gasteiger partial charge on any atom is 0.227 e. The molecule has 1 fully saturated rings. The van der Waals surface area contributed by atoms with E-state index in [0.717, 1.165) is 16.8 Å². The molecule has 2 amide bonds. The van der Waals surface area contributed by atoms with E-state index in [9.17, 15) is 9.59 Å². The molecular weight excluding hydrogens is 268 g/mol. The Morgan fingerprint density at radius 3 is 2.62 bits per heavy atom. The number of aryl methyl sites for hydroxylation is 2. The summed E-state index contributed by atoms with van der Waals surface area (Å²) in [7, 11) is 1.59. The quantitative estimate of drug-likeness (QED) is 0.834. The van der Waals surface area contributed by atoms with Crippen molar-refractivity contribution in [2.75, 3.05) is 31.7 Å². The summed E-state index contributed by atoms with van der Waals surface area (Å²) < 4.78 is 4.90. The van der Waals surface area contributed by atoms with Gasteiger partial charge in [0.15, 0.2) is 0 Å². The van der Waals surface area contributed by atoms with Crippen molar-refractivity contribution >= 4 is 17.5 Å². The van der Waals surface area contributed by atoms with Crippen LogP contribution in [0.2, 0.25) is 0 Å². The third-order valence-electron chi connectivity index (χ3n) is 3.62. The van der Waals surface area contributed by atoms with Gasteiger partial charge in [-0.2, -0.15) is 0 Å². The van der Waals surface area contributed by atoms with Gasteiger partial charge in [-0.3, -0.25) is 9.59 Å². The predicted octanol–water partition coefficient (Wildman–Crippen LogP) is 1.42. The zero-order valence-corrected chi connectivity index (χ0v) is 12.8. The van der Waals surface area contributed by atoms with Gasteiger partial charge in [0.05, 0.1) is 12.5 Å². The van der Waals surface area contributed by atoms with E-state index in [1.165, 1.54) is 0 Å². The van der Waals surface area contributed by atoms with E-state index in [2.05, 4.69) is 11.4 Å². The Labute approximate surface area is 125 Å². The molecule has 0 radical (unpaired) electrons. The van der Waals surface area contributed by atoms with Crippen LogP contribution in [-0.2, 0) is 14.3 Å². The molecular formula is C16H22N2O3. The Kier molecular flexibility index (Phi) is 4.96. The zero-order valence-electron chi connectivity index (χ0n) is 12.8. The highest BCUT2D eigenvalue weighted by molar-refractivity contribution is 6.00. The Balaban J connectivity index is 2.04. The number of anilines is 1. The number of rotatable bonds is 5. The average Bonchev–Trinajstić information content (AvgIpc) is 2.80. The fourth-order valence-electron chi connectivity index (χ4n) is 2.66. The fraction of sp³-hybridized carbons (Fsp3) is 0.500. The van der Waals surface area contributed by atoms with Crippen molar-refractivity contribution in [3.05, 3.63) is 29.3 Å². The van der Waals surface area contributed by atoms with E-state index in [1.807, 2.05) is 26.0 Å². The molecule has 1 aliphatic heterocycles. The molecule has 0 saturated carbocycles. The Morgan fingerprint density at radius 1 is 1.33 bits per heavy atom. The second-order valence-corrected chi connectivity index (χ2v) is 5.54. The van der Waals surface area contributed by atoms with Crippen LogP contribution in [0.5, 0.6) is 0 Å². The third kappa shape index (κ3) is 3.82. The summed E-state index contributed by atoms with van der Waals surface area (Å²) in [5.74, 6) is -0.352. The van der Waals surface area contributed by atoms with Crippen LogP contribution in [0.3, 0.4) is 0 Å².